The highest BCUT2D eigenvalue weighted by Crippen LogP contribution is 2.49. The summed E-state index contributed by atoms with van der Waals surface area (Å²) in [6.45, 7) is 13.6. The molecule has 0 radical (unpaired) electrons. The van der Waals surface area contributed by atoms with Gasteiger partial charge in [-0.2, -0.15) is 9.61 Å². The number of benzene rings is 2. The third kappa shape index (κ3) is 6.21. The number of aromatic nitrogens is 3. The summed E-state index contributed by atoms with van der Waals surface area (Å²) in [4.78, 5) is 20.7. The summed E-state index contributed by atoms with van der Waals surface area (Å²) in [7, 11) is 1.37. The molecular weight excluding hydrogens is 623 g/mol. The van der Waals surface area contributed by atoms with E-state index in [1.54, 1.807) is 6.07 Å². The number of aryl methyl sites for hydroxylation is 2. The van der Waals surface area contributed by atoms with E-state index >= 15 is 4.39 Å². The summed E-state index contributed by atoms with van der Waals surface area (Å²) in [6.07, 6.45) is 5.88. The Bertz CT molecular complexity index is 1950. The van der Waals surface area contributed by atoms with Crippen molar-refractivity contribution in [1.29, 1.82) is 0 Å². The highest BCUT2D eigenvalue weighted by molar-refractivity contribution is 5.84. The van der Waals surface area contributed by atoms with Crippen molar-refractivity contribution in [1.82, 2.24) is 14.6 Å². The van der Waals surface area contributed by atoms with Crippen LogP contribution in [0.4, 0.5) is 10.2 Å². The average molecular weight is 669 g/mol. The molecule has 258 valence electrons. The van der Waals surface area contributed by atoms with Crippen molar-refractivity contribution in [3.8, 4) is 28.1 Å². The molecule has 4 aliphatic heterocycles. The second-order valence-electron chi connectivity index (χ2n) is 14.7. The number of fused-ring (bicyclic) bond motifs is 8. The number of hydrogen-bond donors (Lipinski definition) is 0. The molecule has 10 heteroatoms. The smallest absolute Gasteiger partial charge is 0.339 e. The van der Waals surface area contributed by atoms with Crippen molar-refractivity contribution in [2.24, 2.45) is 0 Å². The average Bonchev–Trinajstić information content (AvgIpc) is 3.46. The Balaban J connectivity index is 1.48. The minimum absolute atomic E-state index is 0.307. The van der Waals surface area contributed by atoms with Crippen LogP contribution < -0.4 is 9.64 Å². The first-order valence-corrected chi connectivity index (χ1v) is 17.2. The number of ether oxygens (including phenoxy) is 4. The summed E-state index contributed by atoms with van der Waals surface area (Å²) in [5, 5.41) is 5.22. The van der Waals surface area contributed by atoms with Gasteiger partial charge in [-0.3, -0.25) is 0 Å². The van der Waals surface area contributed by atoms with Gasteiger partial charge in [-0.05, 0) is 90.5 Å². The standard InChI is InChI=1S/C39H45FN4O5/c1-23-20-27(40)34-26-13-11-12-25-28-22-31-41-24(2)32(35(37(45)46-7)49-38(3,4)5)36(44(31)42-28)43-17-15-39(6,16-18-43)47-19-10-8-9-14-29(33(25)26)48-30(34)21-23/h8,10-13,20-22,29,35H,9,14-19H2,1-7H3/b10-8+/t29-,35+/m1/s1. The van der Waals surface area contributed by atoms with Gasteiger partial charge in [0.1, 0.15) is 23.5 Å². The number of nitrogens with zero attached hydrogens (tertiary/aromatic N) is 4. The Labute approximate surface area is 287 Å². The third-order valence-corrected chi connectivity index (χ3v) is 9.80. The quantitative estimate of drug-likeness (QED) is 0.160. The molecule has 2 aromatic carbocycles. The molecule has 6 heterocycles. The minimum Gasteiger partial charge on any atom is -0.485 e. The minimum atomic E-state index is -1.03. The van der Waals surface area contributed by atoms with Gasteiger partial charge in [0.25, 0.3) is 0 Å². The number of methoxy groups -OCH3 is 1. The van der Waals surface area contributed by atoms with Gasteiger partial charge >= 0.3 is 5.97 Å². The van der Waals surface area contributed by atoms with E-state index in [-0.39, 0.29) is 17.5 Å². The van der Waals surface area contributed by atoms with Crippen molar-refractivity contribution >= 4 is 17.4 Å². The first kappa shape index (κ1) is 33.2. The van der Waals surface area contributed by atoms with Crippen molar-refractivity contribution in [3.63, 3.8) is 0 Å². The molecule has 4 aromatic rings. The lowest BCUT2D eigenvalue weighted by Gasteiger charge is -2.41. The van der Waals surface area contributed by atoms with Crippen LogP contribution in [0.2, 0.25) is 0 Å². The Kier molecular flexibility index (Phi) is 8.51. The highest BCUT2D eigenvalue weighted by atomic mass is 19.1. The lowest BCUT2D eigenvalue weighted by Crippen LogP contribution is -2.45. The molecule has 2 atom stereocenters. The number of anilines is 1. The Morgan fingerprint density at radius 3 is 2.59 bits per heavy atom. The maximum Gasteiger partial charge on any atom is 0.339 e. The molecule has 2 aromatic heterocycles. The van der Waals surface area contributed by atoms with Gasteiger partial charge in [0.2, 0.25) is 0 Å². The number of carbonyl (C=O) groups is 1. The second kappa shape index (κ2) is 12.6. The zero-order valence-electron chi connectivity index (χ0n) is 29.4. The van der Waals surface area contributed by atoms with E-state index < -0.39 is 17.7 Å². The molecule has 8 rings (SSSR count). The molecule has 0 amide bonds. The summed E-state index contributed by atoms with van der Waals surface area (Å²) in [5.41, 5.74) is 5.45. The fraction of sp³-hybridized carbons (Fsp3) is 0.462. The molecule has 0 aliphatic carbocycles. The van der Waals surface area contributed by atoms with Gasteiger partial charge in [0, 0.05) is 36.0 Å². The summed E-state index contributed by atoms with van der Waals surface area (Å²) in [6, 6.07) is 11.4. The second-order valence-corrected chi connectivity index (χ2v) is 14.7. The summed E-state index contributed by atoms with van der Waals surface area (Å²) >= 11 is 0. The lowest BCUT2D eigenvalue weighted by atomic mass is 9.86. The largest absolute Gasteiger partial charge is 0.485 e. The van der Waals surface area contributed by atoms with E-state index in [0.29, 0.717) is 60.0 Å². The number of esters is 1. The molecule has 0 saturated carbocycles. The molecule has 0 spiro atoms. The van der Waals surface area contributed by atoms with E-state index in [1.165, 1.54) is 7.11 Å². The number of allylic oxidation sites excluding steroid dienone is 1. The van der Waals surface area contributed by atoms with E-state index in [2.05, 4.69) is 24.0 Å². The first-order valence-electron chi connectivity index (χ1n) is 17.2. The molecule has 0 N–H and O–H groups in total. The Hall–Kier alpha value is -4.28. The Morgan fingerprint density at radius 1 is 1.10 bits per heavy atom. The highest BCUT2D eigenvalue weighted by Gasteiger charge is 2.39. The number of piperidine rings is 1. The molecule has 1 fully saturated rings. The molecule has 4 bridgehead atoms. The number of halogens is 1. The molecule has 4 aliphatic rings. The number of carbonyl (C=O) groups excluding carboxylic acids is 1. The van der Waals surface area contributed by atoms with Crippen LogP contribution in [0.1, 0.15) is 88.0 Å². The normalized spacial score (nSPS) is 21.9. The maximum absolute atomic E-state index is 15.7. The summed E-state index contributed by atoms with van der Waals surface area (Å²) in [5.74, 6) is 0.473. The van der Waals surface area contributed by atoms with E-state index in [4.69, 9.17) is 29.0 Å². The van der Waals surface area contributed by atoms with Crippen LogP contribution in [0.3, 0.4) is 0 Å². The van der Waals surface area contributed by atoms with Crippen LogP contribution in [0, 0.1) is 19.7 Å². The number of rotatable bonds is 3. The van der Waals surface area contributed by atoms with E-state index in [9.17, 15) is 4.79 Å². The first-order chi connectivity index (χ1) is 23.4. The maximum atomic E-state index is 15.7. The van der Waals surface area contributed by atoms with Crippen LogP contribution in [0.25, 0.3) is 28.0 Å². The van der Waals surface area contributed by atoms with E-state index in [1.807, 2.05) is 69.5 Å². The lowest BCUT2D eigenvalue weighted by molar-refractivity contribution is -0.164. The van der Waals surface area contributed by atoms with Gasteiger partial charge in [0.05, 0.1) is 41.7 Å². The van der Waals surface area contributed by atoms with Crippen LogP contribution >= 0.6 is 0 Å². The van der Waals surface area contributed by atoms with Gasteiger partial charge in [0.15, 0.2) is 11.8 Å². The van der Waals surface area contributed by atoms with Gasteiger partial charge in [-0.1, -0.05) is 30.4 Å². The van der Waals surface area contributed by atoms with Crippen molar-refractivity contribution in [2.45, 2.75) is 90.6 Å². The zero-order valence-corrected chi connectivity index (χ0v) is 29.4. The fourth-order valence-electron chi connectivity index (χ4n) is 7.40. The van der Waals surface area contributed by atoms with Gasteiger partial charge in [-0.25, -0.2) is 14.2 Å². The van der Waals surface area contributed by atoms with Crippen molar-refractivity contribution < 1.29 is 28.1 Å². The molecule has 9 nitrogen and oxygen atoms in total. The SMILES string of the molecule is COC(=O)[C@@H](OC(C)(C)C)c1c(C)nc2cc3nn2c1N1CCC(C)(CC1)OC/C=C/CC[C@H]1Oc2cc(C)cc(F)c2-c2cccc-3c21. The van der Waals surface area contributed by atoms with Gasteiger partial charge < -0.3 is 23.8 Å². The fourth-order valence-corrected chi connectivity index (χ4v) is 7.40. The number of hydrogen-bond acceptors (Lipinski definition) is 8. The van der Waals surface area contributed by atoms with Gasteiger partial charge in [-0.15, -0.1) is 0 Å². The van der Waals surface area contributed by atoms with Crippen molar-refractivity contribution in [2.75, 3.05) is 31.7 Å². The van der Waals surface area contributed by atoms with Crippen LogP contribution in [0.15, 0.2) is 48.6 Å². The monoisotopic (exact) mass is 668 g/mol. The molecule has 49 heavy (non-hydrogen) atoms. The Morgan fingerprint density at radius 2 is 1.86 bits per heavy atom. The molecule has 0 unspecified atom stereocenters. The third-order valence-electron chi connectivity index (χ3n) is 9.80. The van der Waals surface area contributed by atoms with Crippen LogP contribution in [-0.4, -0.2) is 58.6 Å². The van der Waals surface area contributed by atoms with Crippen LogP contribution in [0.5, 0.6) is 5.75 Å². The van der Waals surface area contributed by atoms with Crippen molar-refractivity contribution in [3.05, 3.63) is 76.8 Å². The topological polar surface area (TPSA) is 87.4 Å². The van der Waals surface area contributed by atoms with E-state index in [0.717, 1.165) is 47.3 Å². The summed E-state index contributed by atoms with van der Waals surface area (Å²) < 4.78 is 42.3. The zero-order chi connectivity index (χ0) is 34.7. The predicted octanol–water partition coefficient (Wildman–Crippen LogP) is 8.01. The predicted molar refractivity (Wildman–Crippen MR) is 186 cm³/mol. The van der Waals surface area contributed by atoms with Crippen LogP contribution in [-0.2, 0) is 19.0 Å². The molecular formula is C39H45FN4O5. The molecule has 1 saturated heterocycles.